The van der Waals surface area contributed by atoms with Crippen LogP contribution in [-0.2, 0) is 0 Å². The Labute approximate surface area is 138 Å². The van der Waals surface area contributed by atoms with E-state index in [1.54, 1.807) is 11.3 Å². The molecule has 1 aromatic carbocycles. The lowest BCUT2D eigenvalue weighted by molar-refractivity contribution is 0.0767. The molecular formula is C16H16ClNOS2. The molecule has 2 nitrogen and oxygen atoms in total. The molecule has 3 rings (SSSR count). The minimum absolute atomic E-state index is 0.150. The second-order valence-corrected chi connectivity index (χ2v) is 7.47. The molecule has 21 heavy (non-hydrogen) atoms. The zero-order valence-electron chi connectivity index (χ0n) is 11.5. The van der Waals surface area contributed by atoms with Crippen molar-refractivity contribution in [3.63, 3.8) is 0 Å². The fourth-order valence-electron chi connectivity index (χ4n) is 2.53. The maximum absolute atomic E-state index is 12.4. The van der Waals surface area contributed by atoms with Crippen LogP contribution in [0.5, 0.6) is 0 Å². The first-order valence-electron chi connectivity index (χ1n) is 6.93. The Bertz CT molecular complexity index is 614. The third-order valence-electron chi connectivity index (χ3n) is 3.65. The topological polar surface area (TPSA) is 20.3 Å². The average Bonchev–Trinajstić information content (AvgIpc) is 2.92. The van der Waals surface area contributed by atoms with Gasteiger partial charge in [-0.3, -0.25) is 4.79 Å². The van der Waals surface area contributed by atoms with E-state index in [1.165, 1.54) is 5.56 Å². The molecule has 1 fully saturated rings. The van der Waals surface area contributed by atoms with Crippen LogP contribution in [0.3, 0.4) is 0 Å². The predicted octanol–water partition coefficient (Wildman–Crippen LogP) is 4.72. The van der Waals surface area contributed by atoms with Gasteiger partial charge in [-0.15, -0.1) is 0 Å². The summed E-state index contributed by atoms with van der Waals surface area (Å²) in [7, 11) is 0. The van der Waals surface area contributed by atoms with Crippen molar-refractivity contribution in [2.45, 2.75) is 11.7 Å². The number of carbonyl (C=O) groups excluding carboxylic acids is 1. The summed E-state index contributed by atoms with van der Waals surface area (Å²) < 4.78 is 0. The smallest absolute Gasteiger partial charge is 0.254 e. The normalized spacial score (nSPS) is 19.3. The molecule has 110 valence electrons. The van der Waals surface area contributed by atoms with Crippen LogP contribution in [0.1, 0.15) is 27.6 Å². The zero-order valence-corrected chi connectivity index (χ0v) is 13.9. The van der Waals surface area contributed by atoms with Crippen molar-refractivity contribution in [1.82, 2.24) is 4.90 Å². The van der Waals surface area contributed by atoms with E-state index in [-0.39, 0.29) is 5.91 Å². The van der Waals surface area contributed by atoms with E-state index < -0.39 is 0 Å². The second kappa shape index (κ2) is 6.86. The van der Waals surface area contributed by atoms with E-state index in [4.69, 9.17) is 11.6 Å². The summed E-state index contributed by atoms with van der Waals surface area (Å²) in [5, 5.41) is 5.07. The highest BCUT2D eigenvalue weighted by Crippen LogP contribution is 2.37. The van der Waals surface area contributed by atoms with Crippen molar-refractivity contribution < 1.29 is 4.79 Å². The van der Waals surface area contributed by atoms with Gasteiger partial charge in [0.15, 0.2) is 0 Å². The van der Waals surface area contributed by atoms with Crippen LogP contribution in [-0.4, -0.2) is 29.6 Å². The number of hydrogen-bond donors (Lipinski definition) is 0. The number of halogens is 1. The van der Waals surface area contributed by atoms with E-state index in [1.807, 2.05) is 51.7 Å². The molecule has 1 amide bonds. The minimum Gasteiger partial charge on any atom is -0.338 e. The van der Waals surface area contributed by atoms with Crippen LogP contribution >= 0.6 is 34.7 Å². The largest absolute Gasteiger partial charge is 0.338 e. The van der Waals surface area contributed by atoms with Crippen LogP contribution in [0.4, 0.5) is 0 Å². The fourth-order valence-corrected chi connectivity index (χ4v) is 4.76. The molecule has 0 radical (unpaired) electrons. The van der Waals surface area contributed by atoms with Crippen molar-refractivity contribution in [2.75, 3.05) is 18.8 Å². The summed E-state index contributed by atoms with van der Waals surface area (Å²) in [6, 6.07) is 9.92. The van der Waals surface area contributed by atoms with E-state index in [0.717, 1.165) is 35.8 Å². The molecule has 0 spiro atoms. The molecule has 0 bridgehead atoms. The second-order valence-electron chi connectivity index (χ2n) is 4.97. The Morgan fingerprint density at radius 2 is 2.10 bits per heavy atom. The van der Waals surface area contributed by atoms with Crippen LogP contribution < -0.4 is 0 Å². The van der Waals surface area contributed by atoms with E-state index >= 15 is 0 Å². The van der Waals surface area contributed by atoms with Gasteiger partial charge in [0.05, 0.1) is 5.56 Å². The lowest BCUT2D eigenvalue weighted by Crippen LogP contribution is -2.32. The van der Waals surface area contributed by atoms with Gasteiger partial charge in [0.1, 0.15) is 0 Å². The average molecular weight is 338 g/mol. The summed E-state index contributed by atoms with van der Waals surface area (Å²) in [5.41, 5.74) is 2.00. The SMILES string of the molecule is O=C(c1ccsc1)N1CCS[C@@H](c2ccccc2Cl)CC1. The number of hydrogen-bond acceptors (Lipinski definition) is 3. The summed E-state index contributed by atoms with van der Waals surface area (Å²) in [4.78, 5) is 14.4. The van der Waals surface area contributed by atoms with E-state index in [2.05, 4.69) is 6.07 Å². The van der Waals surface area contributed by atoms with E-state index in [9.17, 15) is 4.79 Å². The lowest BCUT2D eigenvalue weighted by Gasteiger charge is -2.20. The van der Waals surface area contributed by atoms with Gasteiger partial charge in [0.25, 0.3) is 5.91 Å². The molecule has 0 saturated carbocycles. The molecular weight excluding hydrogens is 322 g/mol. The summed E-state index contributed by atoms with van der Waals surface area (Å²) in [5.74, 6) is 1.10. The summed E-state index contributed by atoms with van der Waals surface area (Å²) in [6.45, 7) is 1.60. The standard InChI is InChI=1S/C16H16ClNOS2/c17-14-4-2-1-3-13(14)15-5-7-18(8-10-21-15)16(19)12-6-9-20-11-12/h1-4,6,9,11,15H,5,7-8,10H2/t15-/m1/s1. The highest BCUT2D eigenvalue weighted by atomic mass is 35.5. The van der Waals surface area contributed by atoms with Crippen molar-refractivity contribution in [3.8, 4) is 0 Å². The predicted molar refractivity (Wildman–Crippen MR) is 91.5 cm³/mol. The van der Waals surface area contributed by atoms with Crippen LogP contribution in [0.15, 0.2) is 41.1 Å². The van der Waals surface area contributed by atoms with Crippen molar-refractivity contribution in [3.05, 3.63) is 57.2 Å². The number of thiophene rings is 1. The Morgan fingerprint density at radius 1 is 1.24 bits per heavy atom. The summed E-state index contributed by atoms with van der Waals surface area (Å²) >= 11 is 9.76. The lowest BCUT2D eigenvalue weighted by atomic mass is 10.1. The number of carbonyl (C=O) groups is 1. The number of rotatable bonds is 2. The highest BCUT2D eigenvalue weighted by Gasteiger charge is 2.24. The van der Waals surface area contributed by atoms with Crippen molar-refractivity contribution in [2.24, 2.45) is 0 Å². The van der Waals surface area contributed by atoms with Crippen LogP contribution in [0.25, 0.3) is 0 Å². The molecule has 5 heteroatoms. The van der Waals surface area contributed by atoms with Gasteiger partial charge in [0.2, 0.25) is 0 Å². The van der Waals surface area contributed by atoms with Gasteiger partial charge < -0.3 is 4.90 Å². The van der Waals surface area contributed by atoms with Gasteiger partial charge in [-0.1, -0.05) is 29.8 Å². The van der Waals surface area contributed by atoms with Gasteiger partial charge in [-0.25, -0.2) is 0 Å². The first-order valence-corrected chi connectivity index (χ1v) is 9.30. The molecule has 2 aromatic rings. The Balaban J connectivity index is 1.70. The molecule has 1 aromatic heterocycles. The van der Waals surface area contributed by atoms with Crippen LogP contribution in [0, 0.1) is 0 Å². The molecule has 1 aliphatic rings. The maximum atomic E-state index is 12.4. The first kappa shape index (κ1) is 14.9. The van der Waals surface area contributed by atoms with Gasteiger partial charge in [-0.05, 0) is 29.5 Å². The van der Waals surface area contributed by atoms with Gasteiger partial charge in [0, 0.05) is 34.5 Å². The quantitative estimate of drug-likeness (QED) is 0.790. The molecule has 1 atom stereocenters. The fraction of sp³-hybridized carbons (Fsp3) is 0.312. The number of benzene rings is 1. The number of thioether (sulfide) groups is 1. The molecule has 0 unspecified atom stereocenters. The zero-order chi connectivity index (χ0) is 14.7. The number of nitrogens with zero attached hydrogens (tertiary/aromatic N) is 1. The van der Waals surface area contributed by atoms with Crippen molar-refractivity contribution >= 4 is 40.6 Å². The highest BCUT2D eigenvalue weighted by molar-refractivity contribution is 7.99. The minimum atomic E-state index is 0.150. The molecule has 0 N–H and O–H groups in total. The molecule has 0 aliphatic carbocycles. The number of amides is 1. The Kier molecular flexibility index (Phi) is 4.88. The third-order valence-corrected chi connectivity index (χ3v) is 5.99. The van der Waals surface area contributed by atoms with E-state index in [0.29, 0.717) is 5.25 Å². The Morgan fingerprint density at radius 3 is 2.86 bits per heavy atom. The third kappa shape index (κ3) is 3.44. The van der Waals surface area contributed by atoms with Crippen LogP contribution in [0.2, 0.25) is 5.02 Å². The summed E-state index contributed by atoms with van der Waals surface area (Å²) in [6.07, 6.45) is 0.949. The maximum Gasteiger partial charge on any atom is 0.254 e. The molecule has 1 saturated heterocycles. The first-order chi connectivity index (χ1) is 10.3. The van der Waals surface area contributed by atoms with Crippen molar-refractivity contribution in [1.29, 1.82) is 0 Å². The molecule has 2 heterocycles. The monoisotopic (exact) mass is 337 g/mol. The molecule has 1 aliphatic heterocycles. The Hall–Kier alpha value is -0.970. The van der Waals surface area contributed by atoms with Gasteiger partial charge >= 0.3 is 0 Å². The van der Waals surface area contributed by atoms with Gasteiger partial charge in [-0.2, -0.15) is 23.1 Å².